The lowest BCUT2D eigenvalue weighted by Gasteiger charge is -2.29. The Labute approximate surface area is 444 Å². The van der Waals surface area contributed by atoms with Crippen LogP contribution in [0.15, 0.2) is 91.1 Å². The molecule has 1 aliphatic rings. The summed E-state index contributed by atoms with van der Waals surface area (Å²) in [7, 11) is 2.06. The van der Waals surface area contributed by atoms with Gasteiger partial charge in [0.2, 0.25) is 41.4 Å². The molecule has 7 amide bonds. The number of H-pyrrole nitrogens is 1. The second kappa shape index (κ2) is 31.3. The Morgan fingerprint density at radius 2 is 1.29 bits per heavy atom. The number of fused-ring (bicyclic) bond motifs is 1. The first-order valence-electron chi connectivity index (χ1n) is 23.5. The number of aromatic nitrogens is 1. The molecule has 24 heteroatoms. The zero-order chi connectivity index (χ0) is 51.5. The molecule has 73 heavy (non-hydrogen) atoms. The maximum atomic E-state index is 14.7. The molecule has 20 nitrogen and oxygen atoms in total. The van der Waals surface area contributed by atoms with Gasteiger partial charge in [0.05, 0.1) is 30.9 Å². The lowest BCUT2D eigenvalue weighted by Crippen LogP contribution is -2.62. The normalized spacial score (nSPS) is 22.2. The Morgan fingerprint density at radius 1 is 0.712 bits per heavy atom. The summed E-state index contributed by atoms with van der Waals surface area (Å²) in [6.45, 7) is 2.23. The van der Waals surface area contributed by atoms with Gasteiger partial charge < -0.3 is 69.0 Å². The van der Waals surface area contributed by atoms with Crippen molar-refractivity contribution in [2.24, 2.45) is 11.5 Å². The first-order chi connectivity index (χ1) is 34.1. The molecule has 3 aromatic carbocycles. The largest absolute Gasteiger partial charge is 0.394 e. The van der Waals surface area contributed by atoms with Crippen molar-refractivity contribution < 1.29 is 48.9 Å². The van der Waals surface area contributed by atoms with Crippen molar-refractivity contribution in [3.05, 3.63) is 108 Å². The molecule has 5 rings (SSSR count). The molecular weight excluding hydrogens is 1020 g/mol. The van der Waals surface area contributed by atoms with Gasteiger partial charge >= 0.3 is 0 Å². The van der Waals surface area contributed by atoms with Crippen molar-refractivity contribution in [3.8, 4) is 0 Å². The summed E-state index contributed by atoms with van der Waals surface area (Å²) in [4.78, 5) is 103. The molecular formula is C49H68Cl2N10O10S2. The van der Waals surface area contributed by atoms with Crippen molar-refractivity contribution in [1.82, 2.24) is 42.2 Å². The lowest BCUT2D eigenvalue weighted by atomic mass is 10.0. The van der Waals surface area contributed by atoms with Gasteiger partial charge in [-0.3, -0.25) is 33.6 Å². The van der Waals surface area contributed by atoms with Crippen LogP contribution in [0.2, 0.25) is 0 Å². The molecule has 0 radical (unpaired) electrons. The van der Waals surface area contributed by atoms with E-state index in [4.69, 9.17) is 11.5 Å². The highest BCUT2D eigenvalue weighted by Gasteiger charge is 2.36. The van der Waals surface area contributed by atoms with Crippen molar-refractivity contribution in [2.75, 3.05) is 24.7 Å². The van der Waals surface area contributed by atoms with Gasteiger partial charge in [-0.2, -0.15) is 0 Å². The first kappa shape index (κ1) is 61.9. The standard InChI is InChI=1S/C49H66N10O10S2.2ClH/c1-28(61)39(25-60)56-48(68)41-27-71-70-26-40(57-43(63)34(51)21-30-13-5-3-6-14-30)47(67)54-37(22-31-15-7-4-8-16-31)45(65)55-38(23-32-24-52-35-18-10-9-17-33(32)35)46(66)53-36(19-11-12-20-50)44(64)59-42(29(2)62)49(69)58-41;;/h3-10,13-18,24,28-29,34,36-42,52,60-62H,11-12,19-23,25-27,50-51H2,1-2H3,(H,53,66)(H,54,67)(H,55,65)(H,56,68)(H,57,63)(H,58,69)(H,59,64);2*1H. The molecule has 0 saturated carbocycles. The smallest absolute Gasteiger partial charge is 0.245 e. The number of nitrogens with one attached hydrogen (secondary N) is 8. The summed E-state index contributed by atoms with van der Waals surface area (Å²) in [6, 6.07) is 14.6. The highest BCUT2D eigenvalue weighted by atomic mass is 35.5. The number of aromatic amines is 1. The molecule has 15 N–H and O–H groups in total. The van der Waals surface area contributed by atoms with E-state index in [9.17, 15) is 48.9 Å². The van der Waals surface area contributed by atoms with Crippen molar-refractivity contribution in [3.63, 3.8) is 0 Å². The second-order valence-corrected chi connectivity index (χ2v) is 20.0. The summed E-state index contributed by atoms with van der Waals surface area (Å²) in [5, 5.41) is 50.5. The number of para-hydroxylation sites is 1. The van der Waals surface area contributed by atoms with Crippen LogP contribution in [0.4, 0.5) is 0 Å². The van der Waals surface area contributed by atoms with Crippen molar-refractivity contribution in [2.45, 2.75) is 113 Å². The van der Waals surface area contributed by atoms with Gasteiger partial charge in [0, 0.05) is 41.4 Å². The van der Waals surface area contributed by atoms with E-state index in [0.29, 0.717) is 24.0 Å². The van der Waals surface area contributed by atoms with Crippen molar-refractivity contribution >= 4 is 98.7 Å². The fourth-order valence-electron chi connectivity index (χ4n) is 7.73. The van der Waals surface area contributed by atoms with Gasteiger partial charge in [0.25, 0.3) is 0 Å². The molecule has 1 aliphatic heterocycles. The van der Waals surface area contributed by atoms with E-state index >= 15 is 0 Å². The molecule has 0 spiro atoms. The highest BCUT2D eigenvalue weighted by molar-refractivity contribution is 8.76. The van der Waals surface area contributed by atoms with Gasteiger partial charge in [-0.05, 0) is 68.8 Å². The fraction of sp³-hybridized carbons (Fsp3) is 0.449. The third-order valence-electron chi connectivity index (χ3n) is 11.9. The monoisotopic (exact) mass is 1090 g/mol. The molecule has 10 unspecified atom stereocenters. The average molecular weight is 1090 g/mol. The van der Waals surface area contributed by atoms with Crippen molar-refractivity contribution in [1.29, 1.82) is 0 Å². The average Bonchev–Trinajstić information content (AvgIpc) is 3.76. The van der Waals surface area contributed by atoms with Gasteiger partial charge in [-0.1, -0.05) is 100 Å². The van der Waals surface area contributed by atoms with E-state index in [1.807, 2.05) is 30.3 Å². The minimum Gasteiger partial charge on any atom is -0.394 e. The summed E-state index contributed by atoms with van der Waals surface area (Å²) < 4.78 is 0. The molecule has 400 valence electrons. The van der Waals surface area contributed by atoms with E-state index in [1.165, 1.54) is 13.8 Å². The minimum absolute atomic E-state index is 0. The SMILES string of the molecule is CC(O)C(CO)NC(=O)C1CSSCC(NC(=O)C(N)Cc2ccccc2)C(=O)NC(Cc2ccccc2)C(=O)NC(Cc2c[nH]c3ccccc23)C(=O)NC(CCCCN)C(=O)NC(C(C)O)C(=O)N1.Cl.Cl. The number of hydrogen-bond donors (Lipinski definition) is 13. The van der Waals surface area contributed by atoms with E-state index in [2.05, 4.69) is 42.2 Å². The third kappa shape index (κ3) is 19.1. The molecule has 1 aromatic heterocycles. The zero-order valence-electron chi connectivity index (χ0n) is 40.5. The predicted octanol–water partition coefficient (Wildman–Crippen LogP) is 0.0382. The predicted molar refractivity (Wildman–Crippen MR) is 287 cm³/mol. The van der Waals surface area contributed by atoms with Crippen LogP contribution in [0, 0.1) is 0 Å². The van der Waals surface area contributed by atoms with Gasteiger partial charge in [-0.25, -0.2) is 0 Å². The quantitative estimate of drug-likeness (QED) is 0.0491. The number of amides is 7. The minimum atomic E-state index is -1.66. The van der Waals surface area contributed by atoms with Gasteiger partial charge in [-0.15, -0.1) is 24.8 Å². The number of carbonyl (C=O) groups is 7. The van der Waals surface area contributed by atoms with Crippen LogP contribution in [0.1, 0.15) is 49.8 Å². The number of unbranched alkanes of at least 4 members (excludes halogenated alkanes) is 1. The van der Waals surface area contributed by atoms with Gasteiger partial charge in [0.1, 0.15) is 36.3 Å². The number of benzene rings is 3. The number of carbonyl (C=O) groups excluding carboxylic acids is 7. The topological polar surface area (TPSA) is 332 Å². The Kier molecular flexibility index (Phi) is 26.6. The Balaban J connectivity index is 0.00000703. The van der Waals surface area contributed by atoms with E-state index < -0.39 is 108 Å². The molecule has 2 heterocycles. The number of aliphatic hydroxyl groups is 3. The number of rotatable bonds is 17. The summed E-state index contributed by atoms with van der Waals surface area (Å²) in [5.41, 5.74) is 15.0. The molecule has 10 atom stereocenters. The van der Waals surface area contributed by atoms with Crippen LogP contribution in [0.3, 0.4) is 0 Å². The summed E-state index contributed by atoms with van der Waals surface area (Å²) in [5.74, 6) is -6.01. The number of nitrogens with two attached hydrogens (primary N) is 2. The van der Waals surface area contributed by atoms with E-state index in [0.717, 1.165) is 38.1 Å². The Bertz CT molecular complexity index is 2410. The number of halogens is 2. The first-order valence-corrected chi connectivity index (χ1v) is 26.0. The maximum absolute atomic E-state index is 14.7. The molecule has 0 bridgehead atoms. The maximum Gasteiger partial charge on any atom is 0.245 e. The fourth-order valence-corrected chi connectivity index (χ4v) is 10.1. The van der Waals surface area contributed by atoms with Gasteiger partial charge in [0.15, 0.2) is 0 Å². The van der Waals surface area contributed by atoms with Crippen LogP contribution in [0.25, 0.3) is 10.9 Å². The Hall–Kier alpha value is -5.43. The number of aliphatic hydroxyl groups excluding tert-OH is 3. The summed E-state index contributed by atoms with van der Waals surface area (Å²) in [6.07, 6.45) is -0.156. The van der Waals surface area contributed by atoms with Crippen LogP contribution in [-0.2, 0) is 52.8 Å². The molecule has 1 saturated heterocycles. The highest BCUT2D eigenvalue weighted by Crippen LogP contribution is 2.24. The zero-order valence-corrected chi connectivity index (χ0v) is 43.8. The summed E-state index contributed by atoms with van der Waals surface area (Å²) >= 11 is 0. The Morgan fingerprint density at radius 3 is 1.92 bits per heavy atom. The van der Waals surface area contributed by atoms with E-state index in [-0.39, 0.29) is 68.5 Å². The number of hydrogen-bond acceptors (Lipinski definition) is 14. The molecule has 0 aliphatic carbocycles. The van der Waals surface area contributed by atoms with Crippen LogP contribution in [0.5, 0.6) is 0 Å². The second-order valence-electron chi connectivity index (χ2n) is 17.5. The molecule has 4 aromatic rings. The third-order valence-corrected chi connectivity index (χ3v) is 14.3. The lowest BCUT2D eigenvalue weighted by molar-refractivity contribution is -0.136. The van der Waals surface area contributed by atoms with Crippen LogP contribution < -0.4 is 48.7 Å². The van der Waals surface area contributed by atoms with E-state index in [1.54, 1.807) is 60.8 Å². The van der Waals surface area contributed by atoms with Crippen LogP contribution >= 0.6 is 46.4 Å². The molecule has 1 fully saturated rings. The van der Waals surface area contributed by atoms with Crippen LogP contribution in [-0.4, -0.2) is 147 Å².